The Bertz CT molecular complexity index is 408. The molecule has 5 nitrogen and oxygen atoms in total. The topological polar surface area (TPSA) is 49.6 Å². The van der Waals surface area contributed by atoms with Gasteiger partial charge in [-0.05, 0) is 19.8 Å². The van der Waals surface area contributed by atoms with Crippen LogP contribution < -0.4 is 0 Å². The van der Waals surface area contributed by atoms with E-state index in [0.29, 0.717) is 6.04 Å². The van der Waals surface area contributed by atoms with E-state index in [2.05, 4.69) is 10.1 Å². The van der Waals surface area contributed by atoms with Gasteiger partial charge in [0, 0.05) is 45.7 Å². The largest absolute Gasteiger partial charge is 0.361 e. The minimum absolute atomic E-state index is 0.153. The Morgan fingerprint density at radius 1 is 1.56 bits per heavy atom. The second-order valence-corrected chi connectivity index (χ2v) is 5.07. The van der Waals surface area contributed by atoms with Gasteiger partial charge in [-0.1, -0.05) is 5.16 Å². The summed E-state index contributed by atoms with van der Waals surface area (Å²) in [6.45, 7) is 6.39. The van der Waals surface area contributed by atoms with Crippen molar-refractivity contribution in [3.8, 4) is 0 Å². The van der Waals surface area contributed by atoms with Crippen molar-refractivity contribution < 1.29 is 9.32 Å². The molecule has 0 unspecified atom stereocenters. The second-order valence-electron chi connectivity index (χ2n) is 5.07. The third-order valence-electron chi connectivity index (χ3n) is 3.66. The van der Waals surface area contributed by atoms with Crippen LogP contribution in [0.1, 0.15) is 31.2 Å². The molecule has 0 bridgehead atoms. The van der Waals surface area contributed by atoms with Crippen LogP contribution in [0.3, 0.4) is 0 Å². The van der Waals surface area contributed by atoms with Crippen molar-refractivity contribution in [3.63, 3.8) is 0 Å². The van der Waals surface area contributed by atoms with E-state index in [9.17, 15) is 4.79 Å². The quantitative estimate of drug-likeness (QED) is 0.815. The fraction of sp³-hybridized carbons (Fsp3) is 0.692. The molecule has 5 heteroatoms. The third-order valence-corrected chi connectivity index (χ3v) is 3.66. The average Bonchev–Trinajstić information content (AvgIpc) is 2.75. The molecule has 2 heterocycles. The maximum atomic E-state index is 11.3. The Morgan fingerprint density at radius 2 is 2.22 bits per heavy atom. The van der Waals surface area contributed by atoms with Gasteiger partial charge in [-0.25, -0.2) is 0 Å². The Kier molecular flexibility index (Phi) is 4.01. The summed E-state index contributed by atoms with van der Waals surface area (Å²) in [5.41, 5.74) is 0.992. The molecule has 18 heavy (non-hydrogen) atoms. The molecule has 1 aliphatic heterocycles. The van der Waals surface area contributed by atoms with E-state index in [1.807, 2.05) is 24.9 Å². The molecule has 1 amide bonds. The molecule has 1 aliphatic rings. The summed E-state index contributed by atoms with van der Waals surface area (Å²) in [7, 11) is 1.89. The number of hydrogen-bond donors (Lipinski definition) is 0. The van der Waals surface area contributed by atoms with E-state index in [-0.39, 0.29) is 5.91 Å². The van der Waals surface area contributed by atoms with E-state index in [1.165, 1.54) is 0 Å². The number of likely N-dealkylation sites (tertiary alicyclic amines) is 1. The summed E-state index contributed by atoms with van der Waals surface area (Å²) < 4.78 is 5.07. The first-order chi connectivity index (χ1) is 8.56. The molecule has 2 rings (SSSR count). The Morgan fingerprint density at radius 3 is 2.72 bits per heavy atom. The summed E-state index contributed by atoms with van der Waals surface area (Å²) in [6.07, 6.45) is 2.07. The van der Waals surface area contributed by atoms with E-state index >= 15 is 0 Å². The molecule has 1 aromatic heterocycles. The predicted molar refractivity (Wildman–Crippen MR) is 68.0 cm³/mol. The predicted octanol–water partition coefficient (Wildman–Crippen LogP) is 1.43. The molecule has 1 fully saturated rings. The van der Waals surface area contributed by atoms with Crippen molar-refractivity contribution in [1.29, 1.82) is 0 Å². The van der Waals surface area contributed by atoms with Gasteiger partial charge in [0.2, 0.25) is 5.91 Å². The number of aromatic nitrogens is 1. The van der Waals surface area contributed by atoms with E-state index in [0.717, 1.165) is 43.9 Å². The van der Waals surface area contributed by atoms with Crippen LogP contribution in [-0.4, -0.2) is 47.0 Å². The maximum Gasteiger partial charge on any atom is 0.219 e. The monoisotopic (exact) mass is 251 g/mol. The van der Waals surface area contributed by atoms with Crippen LogP contribution in [0.2, 0.25) is 0 Å². The number of aryl methyl sites for hydroxylation is 1. The van der Waals surface area contributed by atoms with Gasteiger partial charge in [0.25, 0.3) is 0 Å². The number of amides is 1. The first kappa shape index (κ1) is 13.1. The molecule has 1 saturated heterocycles. The van der Waals surface area contributed by atoms with Crippen molar-refractivity contribution in [3.05, 3.63) is 17.5 Å². The lowest BCUT2D eigenvalue weighted by Crippen LogP contribution is -2.44. The average molecular weight is 251 g/mol. The van der Waals surface area contributed by atoms with Crippen LogP contribution in [0.15, 0.2) is 10.6 Å². The van der Waals surface area contributed by atoms with Gasteiger partial charge in [0.15, 0.2) is 0 Å². The van der Waals surface area contributed by atoms with Crippen LogP contribution in [0.5, 0.6) is 0 Å². The van der Waals surface area contributed by atoms with Gasteiger partial charge in [0.1, 0.15) is 5.76 Å². The lowest BCUT2D eigenvalue weighted by atomic mass is 10.0. The van der Waals surface area contributed by atoms with Gasteiger partial charge in [-0.3, -0.25) is 9.69 Å². The van der Waals surface area contributed by atoms with Gasteiger partial charge >= 0.3 is 0 Å². The van der Waals surface area contributed by atoms with Crippen molar-refractivity contribution in [2.45, 2.75) is 39.3 Å². The summed E-state index contributed by atoms with van der Waals surface area (Å²) in [4.78, 5) is 15.5. The standard InChI is InChI=1S/C13H21N3O2/c1-10-8-12(14-18-10)9-16-6-4-13(5-7-16)15(3)11(2)17/h8,13H,4-7,9H2,1-3H3. The molecular formula is C13H21N3O2. The molecule has 0 radical (unpaired) electrons. The minimum atomic E-state index is 0.153. The highest BCUT2D eigenvalue weighted by Gasteiger charge is 2.24. The van der Waals surface area contributed by atoms with Gasteiger partial charge < -0.3 is 9.42 Å². The molecule has 100 valence electrons. The van der Waals surface area contributed by atoms with Crippen LogP contribution in [0.4, 0.5) is 0 Å². The SMILES string of the molecule is CC(=O)N(C)C1CCN(Cc2cc(C)on2)CC1. The number of carbonyl (C=O) groups excluding carboxylic acids is 1. The number of nitrogens with zero attached hydrogens (tertiary/aromatic N) is 3. The van der Waals surface area contributed by atoms with Crippen molar-refractivity contribution in [1.82, 2.24) is 15.0 Å². The molecule has 0 spiro atoms. The Hall–Kier alpha value is -1.36. The highest BCUT2D eigenvalue weighted by atomic mass is 16.5. The first-order valence-corrected chi connectivity index (χ1v) is 6.44. The molecule has 0 aliphatic carbocycles. The number of hydrogen-bond acceptors (Lipinski definition) is 4. The van der Waals surface area contributed by atoms with Crippen LogP contribution in [-0.2, 0) is 11.3 Å². The number of carbonyl (C=O) groups is 1. The molecule has 0 N–H and O–H groups in total. The molecule has 0 aromatic carbocycles. The van der Waals surface area contributed by atoms with E-state index in [4.69, 9.17) is 4.52 Å². The molecule has 1 aromatic rings. The fourth-order valence-electron chi connectivity index (χ4n) is 2.44. The van der Waals surface area contributed by atoms with Gasteiger partial charge in [-0.15, -0.1) is 0 Å². The van der Waals surface area contributed by atoms with Gasteiger partial charge in [0.05, 0.1) is 5.69 Å². The van der Waals surface area contributed by atoms with Gasteiger partial charge in [-0.2, -0.15) is 0 Å². The zero-order valence-electron chi connectivity index (χ0n) is 11.3. The lowest BCUT2D eigenvalue weighted by Gasteiger charge is -2.36. The van der Waals surface area contributed by atoms with Crippen molar-refractivity contribution in [2.24, 2.45) is 0 Å². The molecular weight excluding hydrogens is 230 g/mol. The summed E-state index contributed by atoms with van der Waals surface area (Å²) in [6, 6.07) is 2.37. The normalized spacial score (nSPS) is 17.9. The van der Waals surface area contributed by atoms with Crippen LogP contribution >= 0.6 is 0 Å². The number of rotatable bonds is 3. The maximum absolute atomic E-state index is 11.3. The number of piperidine rings is 1. The van der Waals surface area contributed by atoms with E-state index < -0.39 is 0 Å². The van der Waals surface area contributed by atoms with Crippen molar-refractivity contribution >= 4 is 5.91 Å². The summed E-state index contributed by atoms with van der Waals surface area (Å²) >= 11 is 0. The van der Waals surface area contributed by atoms with Crippen LogP contribution in [0.25, 0.3) is 0 Å². The molecule has 0 atom stereocenters. The highest BCUT2D eigenvalue weighted by molar-refractivity contribution is 5.73. The first-order valence-electron chi connectivity index (χ1n) is 6.44. The Labute approximate surface area is 108 Å². The van der Waals surface area contributed by atoms with E-state index in [1.54, 1.807) is 6.92 Å². The Balaban J connectivity index is 1.81. The smallest absolute Gasteiger partial charge is 0.219 e. The third kappa shape index (κ3) is 3.10. The second kappa shape index (κ2) is 5.52. The zero-order valence-corrected chi connectivity index (χ0v) is 11.3. The van der Waals surface area contributed by atoms with Crippen molar-refractivity contribution in [2.75, 3.05) is 20.1 Å². The summed E-state index contributed by atoms with van der Waals surface area (Å²) in [5.74, 6) is 1.01. The molecule has 0 saturated carbocycles. The fourth-order valence-corrected chi connectivity index (χ4v) is 2.44. The summed E-state index contributed by atoms with van der Waals surface area (Å²) in [5, 5.41) is 4.01. The minimum Gasteiger partial charge on any atom is -0.361 e. The lowest BCUT2D eigenvalue weighted by molar-refractivity contribution is -0.130. The highest BCUT2D eigenvalue weighted by Crippen LogP contribution is 2.17. The van der Waals surface area contributed by atoms with Crippen LogP contribution in [0, 0.1) is 6.92 Å². The zero-order chi connectivity index (χ0) is 13.1.